The maximum Gasteiger partial charge on any atom is 0.333 e. The molecule has 0 aliphatic rings. The summed E-state index contributed by atoms with van der Waals surface area (Å²) in [5.74, 6) is -1.30. The molecule has 0 rings (SSSR count). The number of amides is 2. The topological polar surface area (TPSA) is 111 Å². The molecular weight excluding hydrogens is 340 g/mol. The van der Waals surface area contributed by atoms with Gasteiger partial charge in [-0.05, 0) is 26.7 Å². The second-order valence-electron chi connectivity index (χ2n) is 5.74. The van der Waals surface area contributed by atoms with Crippen LogP contribution in [0, 0.1) is 0 Å². The van der Waals surface area contributed by atoms with Crippen molar-refractivity contribution >= 4 is 23.8 Å². The van der Waals surface area contributed by atoms with Gasteiger partial charge in [0.25, 0.3) is 0 Å². The SMILES string of the molecule is C=C(C)C(=O)OCCNC(=O)CCCCC(=O)NCCOC(=O)C(=C)C. The molecule has 0 aromatic carbocycles. The molecule has 26 heavy (non-hydrogen) atoms. The van der Waals surface area contributed by atoms with Crippen molar-refractivity contribution in [3.8, 4) is 0 Å². The molecule has 0 atom stereocenters. The van der Waals surface area contributed by atoms with Gasteiger partial charge in [-0.25, -0.2) is 9.59 Å². The Balaban J connectivity index is 3.57. The predicted octanol–water partition coefficient (Wildman–Crippen LogP) is 1.02. The summed E-state index contributed by atoms with van der Waals surface area (Å²) in [6, 6.07) is 0. The zero-order valence-electron chi connectivity index (χ0n) is 15.5. The first kappa shape index (κ1) is 23.4. The molecule has 8 heteroatoms. The van der Waals surface area contributed by atoms with E-state index in [-0.39, 0.29) is 51.0 Å². The molecule has 2 N–H and O–H groups in total. The zero-order chi connectivity index (χ0) is 19.9. The van der Waals surface area contributed by atoms with Crippen LogP contribution in [0.5, 0.6) is 0 Å². The molecular formula is C18H28N2O6. The summed E-state index contributed by atoms with van der Waals surface area (Å²) in [4.78, 5) is 45.4. The summed E-state index contributed by atoms with van der Waals surface area (Å²) in [7, 11) is 0. The van der Waals surface area contributed by atoms with E-state index < -0.39 is 11.9 Å². The summed E-state index contributed by atoms with van der Waals surface area (Å²) in [5, 5.41) is 5.25. The van der Waals surface area contributed by atoms with Gasteiger partial charge in [0.15, 0.2) is 0 Å². The standard InChI is InChI=1S/C18H28N2O6/c1-13(2)17(23)25-11-9-19-15(21)7-5-6-8-16(22)20-10-12-26-18(24)14(3)4/h1,3,5-12H2,2,4H3,(H,19,21)(H,20,22). The normalized spacial score (nSPS) is 9.77. The zero-order valence-corrected chi connectivity index (χ0v) is 15.5. The number of carbonyl (C=O) groups excluding carboxylic acids is 4. The summed E-state index contributed by atoms with van der Waals surface area (Å²) in [6.07, 6.45) is 1.71. The molecule has 0 unspecified atom stereocenters. The Bertz CT molecular complexity index is 494. The van der Waals surface area contributed by atoms with Crippen LogP contribution in [0.3, 0.4) is 0 Å². The Morgan fingerprint density at radius 3 is 1.38 bits per heavy atom. The molecule has 0 saturated carbocycles. The Labute approximate surface area is 154 Å². The van der Waals surface area contributed by atoms with Crippen molar-refractivity contribution in [3.63, 3.8) is 0 Å². The number of ether oxygens (including phenoxy) is 2. The van der Waals surface area contributed by atoms with E-state index in [1.165, 1.54) is 0 Å². The molecule has 0 fully saturated rings. The second-order valence-corrected chi connectivity index (χ2v) is 5.74. The van der Waals surface area contributed by atoms with E-state index in [1.807, 2.05) is 0 Å². The van der Waals surface area contributed by atoms with Gasteiger partial charge in [-0.3, -0.25) is 9.59 Å². The highest BCUT2D eigenvalue weighted by atomic mass is 16.5. The Kier molecular flexibility index (Phi) is 12.2. The number of carbonyl (C=O) groups is 4. The van der Waals surface area contributed by atoms with Crippen LogP contribution in [0.15, 0.2) is 24.3 Å². The third-order valence-corrected chi connectivity index (χ3v) is 3.07. The van der Waals surface area contributed by atoms with Crippen molar-refractivity contribution in [1.82, 2.24) is 10.6 Å². The molecule has 0 bridgehead atoms. The number of nitrogens with one attached hydrogen (secondary N) is 2. The lowest BCUT2D eigenvalue weighted by Crippen LogP contribution is -2.28. The molecule has 0 aromatic rings. The van der Waals surface area contributed by atoms with E-state index in [0.717, 1.165) is 0 Å². The van der Waals surface area contributed by atoms with Crippen LogP contribution >= 0.6 is 0 Å². The van der Waals surface area contributed by atoms with Gasteiger partial charge in [-0.15, -0.1) is 0 Å². The first-order valence-electron chi connectivity index (χ1n) is 8.42. The van der Waals surface area contributed by atoms with Crippen LogP contribution in [0.2, 0.25) is 0 Å². The van der Waals surface area contributed by atoms with Crippen LogP contribution in [0.4, 0.5) is 0 Å². The maximum absolute atomic E-state index is 11.6. The van der Waals surface area contributed by atoms with E-state index >= 15 is 0 Å². The van der Waals surface area contributed by atoms with Gasteiger partial charge in [0.2, 0.25) is 11.8 Å². The van der Waals surface area contributed by atoms with Gasteiger partial charge >= 0.3 is 11.9 Å². The highest BCUT2D eigenvalue weighted by Crippen LogP contribution is 2.00. The summed E-state index contributed by atoms with van der Waals surface area (Å²) >= 11 is 0. The first-order valence-corrected chi connectivity index (χ1v) is 8.42. The highest BCUT2D eigenvalue weighted by molar-refractivity contribution is 5.87. The number of esters is 2. The van der Waals surface area contributed by atoms with E-state index in [1.54, 1.807) is 13.8 Å². The second kappa shape index (κ2) is 13.6. The van der Waals surface area contributed by atoms with Crippen LogP contribution < -0.4 is 10.6 Å². The fraction of sp³-hybridized carbons (Fsp3) is 0.556. The van der Waals surface area contributed by atoms with Crippen LogP contribution in [0.25, 0.3) is 0 Å². The van der Waals surface area contributed by atoms with Crippen LogP contribution in [0.1, 0.15) is 39.5 Å². The Morgan fingerprint density at radius 1 is 0.731 bits per heavy atom. The van der Waals surface area contributed by atoms with Crippen molar-refractivity contribution in [2.24, 2.45) is 0 Å². The largest absolute Gasteiger partial charge is 0.460 e. The molecule has 0 aliphatic carbocycles. The quantitative estimate of drug-likeness (QED) is 0.285. The van der Waals surface area contributed by atoms with Crippen molar-refractivity contribution in [2.75, 3.05) is 26.3 Å². The minimum Gasteiger partial charge on any atom is -0.460 e. The van der Waals surface area contributed by atoms with Gasteiger partial charge in [-0.1, -0.05) is 13.2 Å². The van der Waals surface area contributed by atoms with E-state index in [0.29, 0.717) is 24.0 Å². The average molecular weight is 368 g/mol. The van der Waals surface area contributed by atoms with Crippen molar-refractivity contribution < 1.29 is 28.7 Å². The molecule has 0 saturated heterocycles. The molecule has 8 nitrogen and oxygen atoms in total. The lowest BCUT2D eigenvalue weighted by Gasteiger charge is -2.07. The minimum atomic E-state index is -0.486. The van der Waals surface area contributed by atoms with Gasteiger partial charge in [0.05, 0.1) is 13.1 Å². The van der Waals surface area contributed by atoms with Crippen LogP contribution in [-0.2, 0) is 28.7 Å². The smallest absolute Gasteiger partial charge is 0.333 e. The van der Waals surface area contributed by atoms with Crippen molar-refractivity contribution in [2.45, 2.75) is 39.5 Å². The third kappa shape index (κ3) is 12.7. The molecule has 0 aromatic heterocycles. The van der Waals surface area contributed by atoms with E-state index in [9.17, 15) is 19.2 Å². The number of hydrogen-bond acceptors (Lipinski definition) is 6. The van der Waals surface area contributed by atoms with Gasteiger partial charge in [0.1, 0.15) is 13.2 Å². The number of hydrogen-bond donors (Lipinski definition) is 2. The molecule has 2 amide bonds. The van der Waals surface area contributed by atoms with Crippen molar-refractivity contribution in [3.05, 3.63) is 24.3 Å². The van der Waals surface area contributed by atoms with E-state index in [4.69, 9.17) is 9.47 Å². The summed E-state index contributed by atoms with van der Waals surface area (Å²) in [6.45, 7) is 10.7. The maximum atomic E-state index is 11.6. The monoisotopic (exact) mass is 368 g/mol. The lowest BCUT2D eigenvalue weighted by molar-refractivity contribution is -0.140. The molecule has 0 spiro atoms. The van der Waals surface area contributed by atoms with Gasteiger partial charge in [0, 0.05) is 24.0 Å². The fourth-order valence-electron chi connectivity index (χ4n) is 1.66. The summed E-state index contributed by atoms with van der Waals surface area (Å²) < 4.78 is 9.69. The minimum absolute atomic E-state index is 0.0930. The van der Waals surface area contributed by atoms with Gasteiger partial charge < -0.3 is 20.1 Å². The molecule has 0 heterocycles. The predicted molar refractivity (Wildman–Crippen MR) is 96.0 cm³/mol. The fourth-order valence-corrected chi connectivity index (χ4v) is 1.66. The Hall–Kier alpha value is -2.64. The van der Waals surface area contributed by atoms with E-state index in [2.05, 4.69) is 23.8 Å². The van der Waals surface area contributed by atoms with Gasteiger partial charge in [-0.2, -0.15) is 0 Å². The third-order valence-electron chi connectivity index (χ3n) is 3.07. The number of unbranched alkanes of at least 4 members (excludes halogenated alkanes) is 1. The molecule has 0 aliphatic heterocycles. The Morgan fingerprint density at radius 2 is 1.08 bits per heavy atom. The lowest BCUT2D eigenvalue weighted by atomic mass is 10.2. The summed E-state index contributed by atoms with van der Waals surface area (Å²) in [5.41, 5.74) is 0.618. The molecule has 146 valence electrons. The molecule has 0 radical (unpaired) electrons. The highest BCUT2D eigenvalue weighted by Gasteiger charge is 2.06. The first-order chi connectivity index (χ1) is 12.2. The van der Waals surface area contributed by atoms with Crippen molar-refractivity contribution in [1.29, 1.82) is 0 Å². The number of rotatable bonds is 13. The average Bonchev–Trinajstić information content (AvgIpc) is 2.58. The van der Waals surface area contributed by atoms with Crippen LogP contribution in [-0.4, -0.2) is 50.1 Å².